The Bertz CT molecular complexity index is 418. The Morgan fingerprint density at radius 3 is 1.74 bits per heavy atom. The van der Waals surface area contributed by atoms with E-state index < -0.39 is 17.9 Å². The van der Waals surface area contributed by atoms with Crippen molar-refractivity contribution in [3.05, 3.63) is 24.3 Å². The largest absolute Gasteiger partial charge is 0.462 e. The molecule has 0 saturated carbocycles. The van der Waals surface area contributed by atoms with E-state index in [0.717, 1.165) is 0 Å². The molecule has 0 aliphatic heterocycles. The minimum absolute atomic E-state index is 0.0414. The van der Waals surface area contributed by atoms with Gasteiger partial charge in [-0.2, -0.15) is 0 Å². The molecule has 0 aromatic heterocycles. The maximum Gasteiger partial charge on any atom is 0.333 e. The molecule has 0 fully saturated rings. The lowest BCUT2D eigenvalue weighted by Gasteiger charge is -2.04. The van der Waals surface area contributed by atoms with Crippen LogP contribution in [0, 0.1) is 0 Å². The third kappa shape index (κ3) is 16.3. The quantitative estimate of drug-likeness (QED) is 0.220. The number of carbonyl (C=O) groups excluding carboxylic acids is 3. The molecule has 0 radical (unpaired) electrons. The summed E-state index contributed by atoms with van der Waals surface area (Å²) in [6.45, 7) is 9.85. The molecule has 0 atom stereocenters. The highest BCUT2D eigenvalue weighted by Gasteiger charge is 2.04. The van der Waals surface area contributed by atoms with Gasteiger partial charge in [0.25, 0.3) is 0 Å². The smallest absolute Gasteiger partial charge is 0.333 e. The van der Waals surface area contributed by atoms with Crippen molar-refractivity contribution in [3.63, 3.8) is 0 Å². The van der Waals surface area contributed by atoms with E-state index in [1.54, 1.807) is 13.8 Å². The minimum Gasteiger partial charge on any atom is -0.462 e. The van der Waals surface area contributed by atoms with Crippen molar-refractivity contribution >= 4 is 29.5 Å². The molecule has 132 valence electrons. The van der Waals surface area contributed by atoms with Crippen LogP contribution in [0.5, 0.6) is 0 Å². The predicted molar refractivity (Wildman–Crippen MR) is 84.9 cm³/mol. The zero-order valence-corrected chi connectivity index (χ0v) is 14.2. The topological polar surface area (TPSA) is 99.1 Å². The summed E-state index contributed by atoms with van der Waals surface area (Å²) in [6, 6.07) is 0. The monoisotopic (exact) mass is 350 g/mol. The van der Waals surface area contributed by atoms with Crippen molar-refractivity contribution in [2.24, 2.45) is 0 Å². The molecule has 0 amide bonds. The van der Waals surface area contributed by atoms with Crippen LogP contribution in [0.15, 0.2) is 24.3 Å². The van der Waals surface area contributed by atoms with Crippen molar-refractivity contribution < 1.29 is 33.7 Å². The standard InChI is InChI=1S/C9H13ClO4.C6H10O3/c1-7(2)9(12)14-6-5-13-8(11)3-4-10;1-5(2)6(8)9-4-3-7/h1,3-6H2,2H3;7H,1,3-4H2,2H3. The number of aliphatic hydroxyl groups excluding tert-OH is 1. The Hall–Kier alpha value is -1.86. The fourth-order valence-corrected chi connectivity index (χ4v) is 0.978. The number of carbonyl (C=O) groups is 3. The van der Waals surface area contributed by atoms with Crippen LogP contribution in [0.25, 0.3) is 0 Å². The van der Waals surface area contributed by atoms with E-state index in [2.05, 4.69) is 27.4 Å². The van der Waals surface area contributed by atoms with Crippen LogP contribution in [-0.4, -0.2) is 55.3 Å². The van der Waals surface area contributed by atoms with Gasteiger partial charge in [-0.1, -0.05) is 13.2 Å². The zero-order valence-electron chi connectivity index (χ0n) is 13.4. The van der Waals surface area contributed by atoms with Gasteiger partial charge < -0.3 is 19.3 Å². The Morgan fingerprint density at radius 1 is 0.913 bits per heavy atom. The second kappa shape index (κ2) is 15.1. The van der Waals surface area contributed by atoms with Crippen LogP contribution < -0.4 is 0 Å². The van der Waals surface area contributed by atoms with Gasteiger partial charge in [0.15, 0.2) is 0 Å². The summed E-state index contributed by atoms with van der Waals surface area (Å²) in [5.74, 6) is -1.11. The summed E-state index contributed by atoms with van der Waals surface area (Å²) in [4.78, 5) is 32.1. The molecule has 0 bridgehead atoms. The van der Waals surface area contributed by atoms with E-state index in [-0.39, 0.29) is 38.7 Å². The number of rotatable bonds is 9. The highest BCUT2D eigenvalue weighted by atomic mass is 35.5. The predicted octanol–water partition coefficient (Wildman–Crippen LogP) is 1.38. The Labute approximate surface area is 140 Å². The summed E-state index contributed by atoms with van der Waals surface area (Å²) < 4.78 is 13.8. The highest BCUT2D eigenvalue weighted by molar-refractivity contribution is 6.18. The molecule has 0 aliphatic rings. The van der Waals surface area contributed by atoms with Gasteiger partial charge in [0.1, 0.15) is 19.8 Å². The van der Waals surface area contributed by atoms with Gasteiger partial charge in [-0.15, -0.1) is 11.6 Å². The number of aliphatic hydroxyl groups is 1. The molecule has 8 heteroatoms. The van der Waals surface area contributed by atoms with Crippen molar-refractivity contribution in [1.29, 1.82) is 0 Å². The maximum absolute atomic E-state index is 10.8. The highest BCUT2D eigenvalue weighted by Crippen LogP contribution is 1.93. The molecule has 0 rings (SSSR count). The van der Waals surface area contributed by atoms with E-state index in [4.69, 9.17) is 16.7 Å². The summed E-state index contributed by atoms with van der Waals surface area (Å²) in [5, 5.41) is 8.19. The third-order valence-corrected chi connectivity index (χ3v) is 2.09. The van der Waals surface area contributed by atoms with Crippen molar-refractivity contribution in [1.82, 2.24) is 0 Å². The first-order chi connectivity index (χ1) is 10.8. The Kier molecular flexibility index (Phi) is 15.3. The van der Waals surface area contributed by atoms with E-state index in [9.17, 15) is 14.4 Å². The lowest BCUT2D eigenvalue weighted by molar-refractivity contribution is -0.149. The SMILES string of the molecule is C=C(C)C(=O)OCCO.C=C(C)C(=O)OCCOC(=O)CCCl. The molecule has 0 heterocycles. The fourth-order valence-electron chi connectivity index (χ4n) is 0.824. The fraction of sp³-hybridized carbons (Fsp3) is 0.533. The van der Waals surface area contributed by atoms with Crippen molar-refractivity contribution in [2.45, 2.75) is 20.3 Å². The second-order valence-corrected chi connectivity index (χ2v) is 4.59. The molecule has 0 aliphatic carbocycles. The first kappa shape index (κ1) is 23.4. The zero-order chi connectivity index (χ0) is 18.3. The van der Waals surface area contributed by atoms with E-state index in [1.807, 2.05) is 0 Å². The normalized spacial score (nSPS) is 9.04. The van der Waals surface area contributed by atoms with E-state index in [1.165, 1.54) is 0 Å². The van der Waals surface area contributed by atoms with Gasteiger partial charge in [-0.3, -0.25) is 4.79 Å². The Balaban J connectivity index is 0. The van der Waals surface area contributed by atoms with Crippen LogP contribution in [0.2, 0.25) is 0 Å². The summed E-state index contributed by atoms with van der Waals surface area (Å²) in [7, 11) is 0. The molecule has 0 unspecified atom stereocenters. The van der Waals surface area contributed by atoms with Crippen LogP contribution in [0.1, 0.15) is 20.3 Å². The first-order valence-corrected chi connectivity index (χ1v) is 7.27. The molecule has 23 heavy (non-hydrogen) atoms. The van der Waals surface area contributed by atoms with Gasteiger partial charge in [0.2, 0.25) is 0 Å². The second-order valence-electron chi connectivity index (χ2n) is 4.22. The summed E-state index contributed by atoms with van der Waals surface area (Å²) in [6.07, 6.45) is 0.163. The maximum atomic E-state index is 10.8. The summed E-state index contributed by atoms with van der Waals surface area (Å²) in [5.41, 5.74) is 0.667. The average molecular weight is 351 g/mol. The Morgan fingerprint density at radius 2 is 1.35 bits per heavy atom. The molecule has 0 spiro atoms. The van der Waals surface area contributed by atoms with Gasteiger partial charge in [0.05, 0.1) is 13.0 Å². The molecule has 0 aromatic rings. The van der Waals surface area contributed by atoms with Crippen LogP contribution in [0.4, 0.5) is 0 Å². The van der Waals surface area contributed by atoms with E-state index >= 15 is 0 Å². The van der Waals surface area contributed by atoms with E-state index in [0.29, 0.717) is 11.1 Å². The minimum atomic E-state index is -0.488. The van der Waals surface area contributed by atoms with Gasteiger partial charge >= 0.3 is 17.9 Å². The van der Waals surface area contributed by atoms with Crippen molar-refractivity contribution in [3.8, 4) is 0 Å². The molecule has 7 nitrogen and oxygen atoms in total. The van der Waals surface area contributed by atoms with Gasteiger partial charge in [-0.25, -0.2) is 9.59 Å². The number of alkyl halides is 1. The average Bonchev–Trinajstić information content (AvgIpc) is 2.49. The number of esters is 3. The molecule has 0 aromatic carbocycles. The number of ether oxygens (including phenoxy) is 3. The number of hydrogen-bond acceptors (Lipinski definition) is 7. The van der Waals surface area contributed by atoms with Crippen LogP contribution in [0.3, 0.4) is 0 Å². The first-order valence-electron chi connectivity index (χ1n) is 6.73. The molecule has 1 N–H and O–H groups in total. The summed E-state index contributed by atoms with van der Waals surface area (Å²) >= 11 is 5.30. The molecule has 0 saturated heterocycles. The van der Waals surface area contributed by atoms with Gasteiger partial charge in [0, 0.05) is 17.0 Å². The number of hydrogen-bond donors (Lipinski definition) is 1. The lowest BCUT2D eigenvalue weighted by atomic mass is 10.4. The van der Waals surface area contributed by atoms with Crippen LogP contribution in [-0.2, 0) is 28.6 Å². The number of halogens is 1. The lowest BCUT2D eigenvalue weighted by Crippen LogP contribution is -2.14. The van der Waals surface area contributed by atoms with Gasteiger partial charge in [-0.05, 0) is 13.8 Å². The molecular formula is C15H23ClO7. The van der Waals surface area contributed by atoms with Crippen molar-refractivity contribution in [2.75, 3.05) is 32.3 Å². The van der Waals surface area contributed by atoms with Crippen LogP contribution >= 0.6 is 11.6 Å². The third-order valence-electron chi connectivity index (χ3n) is 1.90. The molecular weight excluding hydrogens is 328 g/mol.